The van der Waals surface area contributed by atoms with Crippen molar-refractivity contribution in [2.24, 2.45) is 5.73 Å². The highest BCUT2D eigenvalue weighted by atomic mass is 35.5. The summed E-state index contributed by atoms with van der Waals surface area (Å²) in [7, 11) is 0. The Bertz CT molecular complexity index is 895. The summed E-state index contributed by atoms with van der Waals surface area (Å²) in [5.41, 5.74) is 6.02. The van der Waals surface area contributed by atoms with Crippen molar-refractivity contribution < 1.29 is 22.8 Å². The molecule has 7 nitrogen and oxygen atoms in total. The van der Waals surface area contributed by atoms with Gasteiger partial charge in [0.05, 0.1) is 36.4 Å². The number of unbranched alkanes of at least 4 members (excludes halogenated alkanes) is 1. The quantitative estimate of drug-likeness (QED) is 0.650. The molecule has 1 saturated heterocycles. The summed E-state index contributed by atoms with van der Waals surface area (Å²) in [4.78, 5) is 33.3. The first-order chi connectivity index (χ1) is 13.3. The molecule has 158 valence electrons. The molecule has 2 amide bonds. The van der Waals surface area contributed by atoms with Crippen molar-refractivity contribution in [3.05, 3.63) is 35.7 Å². The molecule has 3 N–H and O–H groups in total. The third-order valence-electron chi connectivity index (χ3n) is 4.51. The van der Waals surface area contributed by atoms with Crippen molar-refractivity contribution in [1.29, 1.82) is 0 Å². The lowest BCUT2D eigenvalue weighted by Crippen LogP contribution is -2.56. The van der Waals surface area contributed by atoms with E-state index in [4.69, 9.17) is 5.73 Å². The molecular formula is C18H21ClF3N5O2. The zero-order chi connectivity index (χ0) is 20.3. The van der Waals surface area contributed by atoms with E-state index in [2.05, 4.69) is 15.3 Å². The second-order valence-corrected chi connectivity index (χ2v) is 6.71. The van der Waals surface area contributed by atoms with E-state index in [1.54, 1.807) is 0 Å². The predicted octanol–water partition coefficient (Wildman–Crippen LogP) is 1.74. The Kier molecular flexibility index (Phi) is 7.74. The summed E-state index contributed by atoms with van der Waals surface area (Å²) in [6.07, 6.45) is 1.85. The molecular weight excluding hydrogens is 411 g/mol. The normalized spacial score (nSPS) is 14.8. The zero-order valence-corrected chi connectivity index (χ0v) is 16.2. The van der Waals surface area contributed by atoms with Gasteiger partial charge in [0.2, 0.25) is 5.91 Å². The average molecular weight is 432 g/mol. The molecule has 0 spiro atoms. The van der Waals surface area contributed by atoms with E-state index in [0.717, 1.165) is 12.1 Å². The predicted molar refractivity (Wildman–Crippen MR) is 102 cm³/mol. The molecule has 0 aliphatic carbocycles. The van der Waals surface area contributed by atoms with Crippen LogP contribution in [0.4, 0.5) is 13.2 Å². The number of nitrogens with two attached hydrogens (primary N) is 1. The third-order valence-corrected chi connectivity index (χ3v) is 4.51. The van der Waals surface area contributed by atoms with E-state index in [0.29, 0.717) is 25.8 Å². The highest BCUT2D eigenvalue weighted by Crippen LogP contribution is 2.15. The van der Waals surface area contributed by atoms with Crippen LogP contribution in [0.15, 0.2) is 18.3 Å². The summed E-state index contributed by atoms with van der Waals surface area (Å²) in [6.45, 7) is 0.533. The highest BCUT2D eigenvalue weighted by molar-refractivity contribution is 5.93. The van der Waals surface area contributed by atoms with Crippen molar-refractivity contribution >= 4 is 35.3 Å². The summed E-state index contributed by atoms with van der Waals surface area (Å²) >= 11 is 0. The van der Waals surface area contributed by atoms with Gasteiger partial charge in [0.1, 0.15) is 11.9 Å². The minimum absolute atomic E-state index is 0. The molecule has 3 rings (SSSR count). The van der Waals surface area contributed by atoms with Crippen LogP contribution in [0.1, 0.15) is 29.8 Å². The fraction of sp³-hybridized carbons (Fsp3) is 0.444. The van der Waals surface area contributed by atoms with Gasteiger partial charge in [-0.05, 0) is 19.3 Å². The van der Waals surface area contributed by atoms with Gasteiger partial charge < -0.3 is 16.0 Å². The number of rotatable bonds is 7. The lowest BCUT2D eigenvalue weighted by molar-refractivity contribution is -0.139. The number of hydrogen-bond acceptors (Lipinski definition) is 5. The highest BCUT2D eigenvalue weighted by Gasteiger charge is 2.32. The SMILES string of the molecule is Cl.N[C@@H](CCCCNC(=O)c1cnc2cc(F)c(F)cc2n1)C(=O)N1CC(F)C1. The number of nitrogens with one attached hydrogen (secondary N) is 1. The van der Waals surface area contributed by atoms with E-state index in [-0.39, 0.29) is 48.1 Å². The standard InChI is InChI=1S/C18H20F3N5O2.ClH/c19-10-8-26(9-10)18(28)13(22)3-1-2-4-23-17(27)16-7-24-14-5-11(20)12(21)6-15(14)25-16;/h5-7,10,13H,1-4,8-9,22H2,(H,23,27);1H/t13-;/m0./s1. The first-order valence-corrected chi connectivity index (χ1v) is 8.93. The molecule has 29 heavy (non-hydrogen) atoms. The van der Waals surface area contributed by atoms with E-state index in [1.165, 1.54) is 11.1 Å². The lowest BCUT2D eigenvalue weighted by Gasteiger charge is -2.36. The van der Waals surface area contributed by atoms with Crippen LogP contribution < -0.4 is 11.1 Å². The van der Waals surface area contributed by atoms with Crippen LogP contribution in [-0.2, 0) is 4.79 Å². The van der Waals surface area contributed by atoms with Gasteiger partial charge in [0.25, 0.3) is 5.91 Å². The van der Waals surface area contributed by atoms with Gasteiger partial charge in [0, 0.05) is 18.7 Å². The Morgan fingerprint density at radius 2 is 1.86 bits per heavy atom. The van der Waals surface area contributed by atoms with E-state index < -0.39 is 29.8 Å². The number of halogens is 4. The summed E-state index contributed by atoms with van der Waals surface area (Å²) < 4.78 is 39.2. The largest absolute Gasteiger partial charge is 0.351 e. The second-order valence-electron chi connectivity index (χ2n) is 6.71. The van der Waals surface area contributed by atoms with Gasteiger partial charge in [-0.2, -0.15) is 0 Å². The number of alkyl halides is 1. The van der Waals surface area contributed by atoms with Crippen LogP contribution >= 0.6 is 12.4 Å². The van der Waals surface area contributed by atoms with Crippen molar-refractivity contribution in [3.8, 4) is 0 Å². The maximum atomic E-state index is 13.3. The van der Waals surface area contributed by atoms with Crippen LogP contribution in [0.25, 0.3) is 11.0 Å². The van der Waals surface area contributed by atoms with E-state index >= 15 is 0 Å². The van der Waals surface area contributed by atoms with Gasteiger partial charge in [-0.15, -0.1) is 12.4 Å². The molecule has 1 aliphatic rings. The number of aromatic nitrogens is 2. The lowest BCUT2D eigenvalue weighted by atomic mass is 10.1. The fourth-order valence-corrected chi connectivity index (χ4v) is 2.86. The van der Waals surface area contributed by atoms with Gasteiger partial charge in [-0.1, -0.05) is 0 Å². The second kappa shape index (κ2) is 9.84. The first-order valence-electron chi connectivity index (χ1n) is 8.93. The molecule has 2 aromatic rings. The minimum atomic E-state index is -1.06. The molecule has 0 saturated carbocycles. The van der Waals surface area contributed by atoms with Crippen LogP contribution in [0.3, 0.4) is 0 Å². The first kappa shape index (κ1) is 22.8. The van der Waals surface area contributed by atoms with Crippen molar-refractivity contribution in [2.75, 3.05) is 19.6 Å². The van der Waals surface area contributed by atoms with Crippen LogP contribution in [0.5, 0.6) is 0 Å². The van der Waals surface area contributed by atoms with E-state index in [1.807, 2.05) is 0 Å². The fourth-order valence-electron chi connectivity index (χ4n) is 2.86. The molecule has 1 fully saturated rings. The molecule has 0 unspecified atom stereocenters. The van der Waals surface area contributed by atoms with Gasteiger partial charge >= 0.3 is 0 Å². The number of fused-ring (bicyclic) bond motifs is 1. The Morgan fingerprint density at radius 3 is 2.52 bits per heavy atom. The molecule has 0 bridgehead atoms. The number of nitrogens with zero attached hydrogens (tertiary/aromatic N) is 3. The Balaban J connectivity index is 0.00000300. The Morgan fingerprint density at radius 1 is 1.21 bits per heavy atom. The molecule has 11 heteroatoms. The van der Waals surface area contributed by atoms with Crippen molar-refractivity contribution in [3.63, 3.8) is 0 Å². The van der Waals surface area contributed by atoms with Gasteiger partial charge in [-0.3, -0.25) is 14.6 Å². The summed E-state index contributed by atoms with van der Waals surface area (Å²) in [5.74, 6) is -2.85. The zero-order valence-electron chi connectivity index (χ0n) is 15.4. The molecule has 1 aliphatic heterocycles. The molecule has 1 atom stereocenters. The molecule has 2 heterocycles. The number of hydrogen-bond donors (Lipinski definition) is 2. The van der Waals surface area contributed by atoms with Crippen LogP contribution in [0, 0.1) is 11.6 Å². The number of likely N-dealkylation sites (tertiary alicyclic amines) is 1. The van der Waals surface area contributed by atoms with E-state index in [9.17, 15) is 22.8 Å². The maximum absolute atomic E-state index is 13.3. The number of carbonyl (C=O) groups is 2. The number of amides is 2. The molecule has 1 aromatic heterocycles. The molecule has 1 aromatic carbocycles. The van der Waals surface area contributed by atoms with Crippen LogP contribution in [-0.4, -0.2) is 58.5 Å². The van der Waals surface area contributed by atoms with Crippen LogP contribution in [0.2, 0.25) is 0 Å². The maximum Gasteiger partial charge on any atom is 0.271 e. The average Bonchev–Trinajstić information content (AvgIpc) is 2.64. The molecule has 0 radical (unpaired) electrons. The summed E-state index contributed by atoms with van der Waals surface area (Å²) in [5, 5.41) is 2.65. The monoisotopic (exact) mass is 431 g/mol. The van der Waals surface area contributed by atoms with Crippen molar-refractivity contribution in [2.45, 2.75) is 31.5 Å². The minimum Gasteiger partial charge on any atom is -0.351 e. The Hall–Kier alpha value is -2.46. The van der Waals surface area contributed by atoms with Crippen molar-refractivity contribution in [1.82, 2.24) is 20.2 Å². The topological polar surface area (TPSA) is 101 Å². The number of benzene rings is 1. The van der Waals surface area contributed by atoms with Gasteiger partial charge in [-0.25, -0.2) is 18.2 Å². The smallest absolute Gasteiger partial charge is 0.271 e. The number of carbonyl (C=O) groups excluding carboxylic acids is 2. The Labute approximate surface area is 171 Å². The van der Waals surface area contributed by atoms with Gasteiger partial charge in [0.15, 0.2) is 11.6 Å². The summed E-state index contributed by atoms with van der Waals surface area (Å²) in [6, 6.07) is 1.12. The third kappa shape index (κ3) is 5.54.